The molecule has 7 aromatic rings. The van der Waals surface area contributed by atoms with Crippen LogP contribution in [0.4, 0.5) is 50.9 Å². The van der Waals surface area contributed by atoms with Crippen LogP contribution in [0.1, 0.15) is 99.2 Å². The Hall–Kier alpha value is -10.8. The van der Waals surface area contributed by atoms with E-state index >= 15 is 0 Å². The Morgan fingerprint density at radius 3 is 1.61 bits per heavy atom. The number of alkyl carbamates (subject to hydrolysis) is 1. The molecule has 0 saturated heterocycles. The Balaban J connectivity index is 0.899. The Bertz CT molecular complexity index is 3670. The van der Waals surface area contributed by atoms with E-state index in [1.54, 1.807) is 96.8 Å². The number of hydrogen-bond acceptors (Lipinski definition) is 15. The summed E-state index contributed by atoms with van der Waals surface area (Å²) in [5.41, 5.74) is 0.699. The van der Waals surface area contributed by atoms with Gasteiger partial charge in [-0.05, 0) is 45.4 Å². The Morgan fingerprint density at radius 1 is 0.506 bits per heavy atom. The Labute approximate surface area is 473 Å². The third kappa shape index (κ3) is 15.5. The number of carbonyl (C=O) groups is 10. The molecule has 7 aromatic heterocycles. The van der Waals surface area contributed by atoms with E-state index in [4.69, 9.17) is 9.47 Å². The van der Waals surface area contributed by atoms with Crippen molar-refractivity contribution in [2.24, 2.45) is 49.3 Å². The van der Waals surface area contributed by atoms with Crippen LogP contribution >= 0.6 is 0 Å². The van der Waals surface area contributed by atoms with Crippen LogP contribution in [0.15, 0.2) is 73.8 Å². The van der Waals surface area contributed by atoms with Crippen LogP contribution < -0.4 is 47.9 Å². The fraction of sp³-hybridized carbons (Fsp3) is 0.327. The fourth-order valence-electron chi connectivity index (χ4n) is 8.18. The summed E-state index contributed by atoms with van der Waals surface area (Å²) in [4.78, 5) is 143. The van der Waals surface area contributed by atoms with Crippen molar-refractivity contribution >= 4 is 105 Å². The molecule has 9 N–H and O–H groups in total. The van der Waals surface area contributed by atoms with Gasteiger partial charge in [0, 0.05) is 124 Å². The summed E-state index contributed by atoms with van der Waals surface area (Å²) in [6.45, 7) is 4.89. The molecule has 0 spiro atoms. The average molecular weight is 1150 g/mol. The third-order valence-corrected chi connectivity index (χ3v) is 12.2. The summed E-state index contributed by atoms with van der Waals surface area (Å²) in [6, 6.07) is 4.50. The second-order valence-corrected chi connectivity index (χ2v) is 20.1. The zero-order valence-corrected chi connectivity index (χ0v) is 47.2. The van der Waals surface area contributed by atoms with E-state index in [0.29, 0.717) is 17.2 Å². The first kappa shape index (κ1) is 59.9. The lowest BCUT2D eigenvalue weighted by molar-refractivity contribution is -0.121. The molecule has 31 nitrogen and oxygen atoms in total. The predicted molar refractivity (Wildman–Crippen MR) is 301 cm³/mol. The van der Waals surface area contributed by atoms with Crippen molar-refractivity contribution in [3.8, 4) is 0 Å². The Morgan fingerprint density at radius 2 is 1.01 bits per heavy atom. The van der Waals surface area contributed by atoms with Gasteiger partial charge in [-0.2, -0.15) is 4.98 Å². The zero-order valence-electron chi connectivity index (χ0n) is 47.2. The number of anilines is 8. The van der Waals surface area contributed by atoms with Crippen LogP contribution in [0.3, 0.4) is 0 Å². The van der Waals surface area contributed by atoms with Crippen molar-refractivity contribution in [1.82, 2.24) is 52.2 Å². The van der Waals surface area contributed by atoms with Gasteiger partial charge in [0.1, 0.15) is 34.5 Å². The zero-order chi connectivity index (χ0) is 60.6. The highest BCUT2D eigenvalue weighted by Crippen LogP contribution is 2.23. The van der Waals surface area contributed by atoms with E-state index in [1.165, 1.54) is 86.2 Å². The molecule has 0 saturated carbocycles. The number of methoxy groups -OCH3 is 1. The van der Waals surface area contributed by atoms with Crippen molar-refractivity contribution in [3.05, 3.63) is 103 Å². The number of imidazole rings is 3. The molecule has 9 amide bonds. The number of esters is 1. The van der Waals surface area contributed by atoms with E-state index in [0.717, 1.165) is 0 Å². The largest absolute Gasteiger partial charge is 0.464 e. The first-order chi connectivity index (χ1) is 39.1. The maximum Gasteiger partial charge on any atom is 0.408 e. The lowest BCUT2D eigenvalue weighted by Gasteiger charge is -2.23. The number of aryl methyl sites for hydroxylation is 7. The van der Waals surface area contributed by atoms with E-state index in [-0.39, 0.29) is 83.4 Å². The van der Waals surface area contributed by atoms with Gasteiger partial charge in [-0.3, -0.25) is 43.7 Å². The van der Waals surface area contributed by atoms with Crippen LogP contribution in [0, 0.1) is 0 Å². The molecule has 7 heterocycles. The molecule has 0 aliphatic heterocycles. The van der Waals surface area contributed by atoms with Crippen LogP contribution in [0.5, 0.6) is 0 Å². The number of aromatic nitrogens is 10. The standard InChI is InChI=1S/C52H63N19O12/c1-52(2,3)83-51(81)58-32(12-13-41(74)64-50-62-36(27-71(50)10)59-39(72)14-15-40(73)63-38-21-31(25-69(38)8)57-47(78)42-53-16-17-65(42)4)44(75)54-28-18-34(67(6)22-28)46(77)61-37-26-70(9)43(60-37)48(79)56-29-19-33(66(5)23-29)45(76)55-30-20-35(49(80)82-11)68(7)24-30/h16-27,32H,12-15H2,1-11H3,(H,54,75)(H,55,76)(H,56,79)(H,57,78)(H,58,81)(H,59,72)(H,61,77)(H,63,73)(H,62,64,74)/t32-/m0/s1. The van der Waals surface area contributed by atoms with Crippen molar-refractivity contribution < 1.29 is 57.4 Å². The number of carbonyl (C=O) groups excluding carboxylic acids is 10. The van der Waals surface area contributed by atoms with Crippen molar-refractivity contribution in [2.75, 3.05) is 49.6 Å². The normalized spacial score (nSPS) is 11.5. The second kappa shape index (κ2) is 25.1. The molecule has 1 atom stereocenters. The average Bonchev–Trinajstić information content (AvgIpc) is 4.40. The minimum absolute atomic E-state index is 0.00676. The van der Waals surface area contributed by atoms with E-state index < -0.39 is 71.0 Å². The minimum Gasteiger partial charge on any atom is -0.464 e. The first-order valence-corrected chi connectivity index (χ1v) is 25.4. The summed E-state index contributed by atoms with van der Waals surface area (Å²) >= 11 is 0. The summed E-state index contributed by atoms with van der Waals surface area (Å²) in [7, 11) is 12.5. The smallest absolute Gasteiger partial charge is 0.408 e. The summed E-state index contributed by atoms with van der Waals surface area (Å²) in [5, 5.41) is 23.8. The van der Waals surface area contributed by atoms with Crippen LogP contribution in [0.2, 0.25) is 0 Å². The second-order valence-electron chi connectivity index (χ2n) is 20.1. The lowest BCUT2D eigenvalue weighted by atomic mass is 10.1. The van der Waals surface area contributed by atoms with Gasteiger partial charge in [0.25, 0.3) is 23.6 Å². The molecule has 7 rings (SSSR count). The molecule has 83 heavy (non-hydrogen) atoms. The number of rotatable bonds is 21. The molecule has 0 unspecified atom stereocenters. The third-order valence-electron chi connectivity index (χ3n) is 12.2. The maximum absolute atomic E-state index is 13.8. The predicted octanol–water partition coefficient (Wildman–Crippen LogP) is 3.65. The van der Waals surface area contributed by atoms with Gasteiger partial charge in [-0.25, -0.2) is 19.6 Å². The SMILES string of the molecule is COC(=O)c1cc(NC(=O)c2cc(NC(=O)c3nc(NC(=O)c4cc(NC(=O)[C@H](CCC(=O)Nc5nc(NC(=O)CCC(=O)Nc6cc(NC(=O)c7nccn7C)cn6C)cn5C)NC(=O)OC(C)(C)C)cn4C)cn3C)cn2C)cn1C. The molecule has 0 fully saturated rings. The molecule has 0 aromatic carbocycles. The van der Waals surface area contributed by atoms with Gasteiger partial charge in [0.15, 0.2) is 17.5 Å². The summed E-state index contributed by atoms with van der Waals surface area (Å²) < 4.78 is 20.5. The number of nitrogens with one attached hydrogen (secondary N) is 9. The van der Waals surface area contributed by atoms with E-state index in [2.05, 4.69) is 62.8 Å². The summed E-state index contributed by atoms with van der Waals surface area (Å²) in [5.74, 6) is -4.65. The summed E-state index contributed by atoms with van der Waals surface area (Å²) in [6.07, 6.45) is 10.2. The highest BCUT2D eigenvalue weighted by molar-refractivity contribution is 6.08. The highest BCUT2D eigenvalue weighted by atomic mass is 16.6. The molecule has 31 heteroatoms. The number of nitrogens with zero attached hydrogens (tertiary/aromatic N) is 10. The highest BCUT2D eigenvalue weighted by Gasteiger charge is 2.28. The van der Waals surface area contributed by atoms with Gasteiger partial charge in [-0.15, -0.1) is 0 Å². The molecular formula is C52H63N19O12. The van der Waals surface area contributed by atoms with Gasteiger partial charge >= 0.3 is 12.1 Å². The Kier molecular flexibility index (Phi) is 18.1. The molecule has 0 radical (unpaired) electrons. The van der Waals surface area contributed by atoms with Crippen molar-refractivity contribution in [3.63, 3.8) is 0 Å². The minimum atomic E-state index is -1.34. The molecule has 0 bridgehead atoms. The van der Waals surface area contributed by atoms with Gasteiger partial charge in [0.05, 0.1) is 29.9 Å². The molecule has 0 aliphatic carbocycles. The molecular weight excluding hydrogens is 1080 g/mol. The number of hydrogen-bond donors (Lipinski definition) is 9. The molecule has 438 valence electrons. The quantitative estimate of drug-likeness (QED) is 0.0464. The first-order valence-electron chi connectivity index (χ1n) is 25.4. The number of amides is 9. The fourth-order valence-corrected chi connectivity index (χ4v) is 8.18. The van der Waals surface area contributed by atoms with E-state index in [9.17, 15) is 47.9 Å². The van der Waals surface area contributed by atoms with Crippen LogP contribution in [0.25, 0.3) is 0 Å². The topological polar surface area (TPSA) is 371 Å². The lowest BCUT2D eigenvalue weighted by Crippen LogP contribution is -2.46. The van der Waals surface area contributed by atoms with Crippen molar-refractivity contribution in [2.45, 2.75) is 58.1 Å². The van der Waals surface area contributed by atoms with Gasteiger partial charge in [0.2, 0.25) is 35.4 Å². The molecule has 0 aliphatic rings. The maximum atomic E-state index is 13.8. The van der Waals surface area contributed by atoms with E-state index in [1.807, 2.05) is 0 Å². The van der Waals surface area contributed by atoms with Crippen molar-refractivity contribution in [1.29, 1.82) is 0 Å². The van der Waals surface area contributed by atoms with Crippen LogP contribution in [-0.4, -0.2) is 125 Å². The monoisotopic (exact) mass is 1150 g/mol. The number of ether oxygens (including phenoxy) is 2. The van der Waals surface area contributed by atoms with Gasteiger partial charge < -0.3 is 84.0 Å². The van der Waals surface area contributed by atoms with Gasteiger partial charge in [-0.1, -0.05) is 0 Å². The van der Waals surface area contributed by atoms with Crippen LogP contribution in [-0.2, 0) is 78.0 Å².